The Hall–Kier alpha value is -1.58. The number of pyridine rings is 1. The maximum Gasteiger partial charge on any atom is 0.134 e. The fourth-order valence-corrected chi connectivity index (χ4v) is 2.59. The zero-order valence-corrected chi connectivity index (χ0v) is 12.0. The van der Waals surface area contributed by atoms with Crippen LogP contribution < -0.4 is 0 Å². The van der Waals surface area contributed by atoms with Crippen molar-refractivity contribution in [2.75, 3.05) is 0 Å². The molecule has 0 amide bonds. The molecule has 96 valence electrons. The van der Waals surface area contributed by atoms with Crippen molar-refractivity contribution in [2.24, 2.45) is 7.05 Å². The van der Waals surface area contributed by atoms with Gasteiger partial charge in [0.2, 0.25) is 0 Å². The minimum Gasteiger partial charge on any atom is -0.268 e. The Labute approximate surface area is 120 Å². The van der Waals surface area contributed by atoms with E-state index in [4.69, 9.17) is 23.2 Å². The highest BCUT2D eigenvalue weighted by molar-refractivity contribution is 6.39. The first kappa shape index (κ1) is 12.5. The van der Waals surface area contributed by atoms with Gasteiger partial charge in [0, 0.05) is 29.8 Å². The second-order valence-electron chi connectivity index (χ2n) is 4.41. The first-order valence-electron chi connectivity index (χ1n) is 5.81. The van der Waals surface area contributed by atoms with Crippen molar-refractivity contribution in [1.82, 2.24) is 14.8 Å². The molecule has 0 aliphatic rings. The number of benzene rings is 1. The fourth-order valence-electron chi connectivity index (χ4n) is 2.11. The van der Waals surface area contributed by atoms with E-state index in [1.165, 1.54) is 0 Å². The van der Waals surface area contributed by atoms with Gasteiger partial charge in [-0.1, -0.05) is 35.3 Å². The first-order chi connectivity index (χ1) is 9.08. The van der Waals surface area contributed by atoms with Crippen LogP contribution in [0.2, 0.25) is 10.2 Å². The topological polar surface area (TPSA) is 30.7 Å². The summed E-state index contributed by atoms with van der Waals surface area (Å²) < 4.78 is 1.82. The summed E-state index contributed by atoms with van der Waals surface area (Å²) in [5.74, 6) is 0. The molecule has 2 aromatic heterocycles. The number of hydrogen-bond donors (Lipinski definition) is 0. The quantitative estimate of drug-likeness (QED) is 0.628. The zero-order chi connectivity index (χ0) is 13.6. The zero-order valence-electron chi connectivity index (χ0n) is 10.5. The Bertz CT molecular complexity index is 778. The molecule has 0 radical (unpaired) electrons. The minimum absolute atomic E-state index is 0.444. The van der Waals surface area contributed by atoms with Crippen LogP contribution in [0.3, 0.4) is 0 Å². The van der Waals surface area contributed by atoms with Gasteiger partial charge < -0.3 is 0 Å². The second-order valence-corrected chi connectivity index (χ2v) is 5.15. The Balaban J connectivity index is 2.28. The molecule has 1 aromatic carbocycles. The highest BCUT2D eigenvalue weighted by atomic mass is 35.5. The van der Waals surface area contributed by atoms with Gasteiger partial charge in [-0.15, -0.1) is 0 Å². The largest absolute Gasteiger partial charge is 0.268 e. The molecule has 19 heavy (non-hydrogen) atoms. The van der Waals surface area contributed by atoms with Crippen LogP contribution in [0.15, 0.2) is 30.5 Å². The lowest BCUT2D eigenvalue weighted by Gasteiger charge is -2.08. The monoisotopic (exact) mass is 291 g/mol. The van der Waals surface area contributed by atoms with E-state index in [2.05, 4.69) is 10.1 Å². The van der Waals surface area contributed by atoms with E-state index in [-0.39, 0.29) is 0 Å². The molecule has 0 saturated heterocycles. The molecule has 0 spiro atoms. The standard InChI is InChI=1S/C14H11Cl2N3/c1-8-13(15)10-4-3-9(7-11(10)18-14(8)16)12-5-6-17-19(12)2/h3-7H,1-2H3. The lowest BCUT2D eigenvalue weighted by atomic mass is 10.1. The third kappa shape index (κ3) is 1.99. The van der Waals surface area contributed by atoms with Gasteiger partial charge in [0.1, 0.15) is 5.15 Å². The normalized spacial score (nSPS) is 11.2. The Morgan fingerprint density at radius 2 is 1.95 bits per heavy atom. The van der Waals surface area contributed by atoms with Crippen molar-refractivity contribution in [3.8, 4) is 11.3 Å². The Morgan fingerprint density at radius 3 is 2.63 bits per heavy atom. The molecule has 0 aliphatic heterocycles. The third-order valence-corrected chi connectivity index (χ3v) is 4.06. The summed E-state index contributed by atoms with van der Waals surface area (Å²) in [4.78, 5) is 4.39. The minimum atomic E-state index is 0.444. The molecule has 2 heterocycles. The van der Waals surface area contributed by atoms with Gasteiger partial charge in [0.05, 0.1) is 16.2 Å². The van der Waals surface area contributed by atoms with Gasteiger partial charge in [-0.2, -0.15) is 5.10 Å². The Morgan fingerprint density at radius 1 is 1.16 bits per heavy atom. The van der Waals surface area contributed by atoms with Crippen LogP contribution in [0, 0.1) is 6.92 Å². The highest BCUT2D eigenvalue weighted by Gasteiger charge is 2.10. The molecule has 0 fully saturated rings. The van der Waals surface area contributed by atoms with Gasteiger partial charge >= 0.3 is 0 Å². The van der Waals surface area contributed by atoms with E-state index in [0.717, 1.165) is 27.7 Å². The van der Waals surface area contributed by atoms with Crippen molar-refractivity contribution in [2.45, 2.75) is 6.92 Å². The van der Waals surface area contributed by atoms with Crippen LogP contribution >= 0.6 is 23.2 Å². The van der Waals surface area contributed by atoms with Crippen molar-refractivity contribution in [1.29, 1.82) is 0 Å². The van der Waals surface area contributed by atoms with Crippen molar-refractivity contribution in [3.05, 3.63) is 46.2 Å². The molecular formula is C14H11Cl2N3. The SMILES string of the molecule is Cc1c(Cl)nc2cc(-c3ccnn3C)ccc2c1Cl. The van der Waals surface area contributed by atoms with E-state index in [1.54, 1.807) is 6.20 Å². The molecule has 0 N–H and O–H groups in total. The van der Waals surface area contributed by atoms with Gasteiger partial charge in [0.25, 0.3) is 0 Å². The predicted molar refractivity (Wildman–Crippen MR) is 78.7 cm³/mol. The molecule has 3 rings (SSSR count). The van der Waals surface area contributed by atoms with Crippen LogP contribution in [0.1, 0.15) is 5.56 Å². The summed E-state index contributed by atoms with van der Waals surface area (Å²) in [6, 6.07) is 7.92. The summed E-state index contributed by atoms with van der Waals surface area (Å²) in [7, 11) is 1.90. The summed E-state index contributed by atoms with van der Waals surface area (Å²) in [5, 5.41) is 6.18. The third-order valence-electron chi connectivity index (χ3n) is 3.21. The van der Waals surface area contributed by atoms with E-state index in [9.17, 15) is 0 Å². The van der Waals surface area contributed by atoms with Crippen molar-refractivity contribution in [3.63, 3.8) is 0 Å². The molecule has 0 aliphatic carbocycles. The van der Waals surface area contributed by atoms with E-state index in [1.807, 2.05) is 42.9 Å². The lowest BCUT2D eigenvalue weighted by molar-refractivity contribution is 0.776. The van der Waals surface area contributed by atoms with Crippen molar-refractivity contribution >= 4 is 34.1 Å². The number of nitrogens with zero attached hydrogens (tertiary/aromatic N) is 3. The number of fused-ring (bicyclic) bond motifs is 1. The van der Waals surface area contributed by atoms with E-state index in [0.29, 0.717) is 10.2 Å². The van der Waals surface area contributed by atoms with E-state index >= 15 is 0 Å². The van der Waals surface area contributed by atoms with Gasteiger partial charge in [-0.05, 0) is 19.1 Å². The molecule has 5 heteroatoms. The lowest BCUT2D eigenvalue weighted by Crippen LogP contribution is -1.94. The van der Waals surface area contributed by atoms with Crippen molar-refractivity contribution < 1.29 is 0 Å². The summed E-state index contributed by atoms with van der Waals surface area (Å²) in [5.41, 5.74) is 3.66. The maximum absolute atomic E-state index is 6.30. The number of aryl methyl sites for hydroxylation is 1. The van der Waals surface area contributed by atoms with Crippen LogP contribution in [0.4, 0.5) is 0 Å². The van der Waals surface area contributed by atoms with Gasteiger partial charge in [-0.3, -0.25) is 4.68 Å². The molecule has 3 aromatic rings. The summed E-state index contributed by atoms with van der Waals surface area (Å²) in [6.07, 6.45) is 1.77. The average molecular weight is 292 g/mol. The second kappa shape index (κ2) is 4.51. The fraction of sp³-hybridized carbons (Fsp3) is 0.143. The van der Waals surface area contributed by atoms with Crippen LogP contribution in [-0.4, -0.2) is 14.8 Å². The summed E-state index contributed by atoms with van der Waals surface area (Å²) in [6.45, 7) is 1.87. The van der Waals surface area contributed by atoms with Gasteiger partial charge in [0.15, 0.2) is 0 Å². The molecule has 0 bridgehead atoms. The van der Waals surface area contributed by atoms with Crippen LogP contribution in [0.5, 0.6) is 0 Å². The first-order valence-corrected chi connectivity index (χ1v) is 6.57. The molecule has 3 nitrogen and oxygen atoms in total. The predicted octanol–water partition coefficient (Wildman–Crippen LogP) is 4.25. The van der Waals surface area contributed by atoms with Crippen LogP contribution in [-0.2, 0) is 7.05 Å². The summed E-state index contributed by atoms with van der Waals surface area (Å²) >= 11 is 12.4. The average Bonchev–Trinajstić information content (AvgIpc) is 2.82. The number of hydrogen-bond acceptors (Lipinski definition) is 2. The number of rotatable bonds is 1. The number of aromatic nitrogens is 3. The van der Waals surface area contributed by atoms with Crippen LogP contribution in [0.25, 0.3) is 22.2 Å². The molecular weight excluding hydrogens is 281 g/mol. The van der Waals surface area contributed by atoms with E-state index < -0.39 is 0 Å². The highest BCUT2D eigenvalue weighted by Crippen LogP contribution is 2.32. The smallest absolute Gasteiger partial charge is 0.134 e. The molecule has 0 atom stereocenters. The molecule has 0 unspecified atom stereocenters. The number of halogens is 2. The Kier molecular flexibility index (Phi) is 2.96. The maximum atomic E-state index is 6.30. The van der Waals surface area contributed by atoms with Gasteiger partial charge in [-0.25, -0.2) is 4.98 Å². The molecule has 0 saturated carbocycles.